The highest BCUT2D eigenvalue weighted by molar-refractivity contribution is 5.78. The summed E-state index contributed by atoms with van der Waals surface area (Å²) >= 11 is 0. The maximum atomic E-state index is 12.4. The smallest absolute Gasteiger partial charge is 0.308 e. The number of hydrogen-bond acceptors (Lipinski definition) is 6. The van der Waals surface area contributed by atoms with Gasteiger partial charge in [0.2, 0.25) is 17.6 Å². The van der Waals surface area contributed by atoms with Crippen molar-refractivity contribution >= 4 is 11.9 Å². The van der Waals surface area contributed by atoms with Crippen molar-refractivity contribution in [2.24, 2.45) is 5.92 Å². The first kappa shape index (κ1) is 16.2. The molecule has 1 amide bonds. The number of carboxylic acid groups (broad SMARTS) is 1. The Morgan fingerprint density at radius 1 is 1.46 bits per heavy atom. The topological polar surface area (TPSA) is 110 Å². The summed E-state index contributed by atoms with van der Waals surface area (Å²) in [6, 6.07) is 3.62. The maximum Gasteiger partial charge on any atom is 0.308 e. The predicted molar refractivity (Wildman–Crippen MR) is 81.9 cm³/mol. The fourth-order valence-electron chi connectivity index (χ4n) is 2.43. The molecule has 1 atom stereocenters. The summed E-state index contributed by atoms with van der Waals surface area (Å²) in [6.07, 6.45) is 3.91. The van der Waals surface area contributed by atoms with E-state index in [9.17, 15) is 9.59 Å². The van der Waals surface area contributed by atoms with Crippen molar-refractivity contribution in [2.75, 3.05) is 6.54 Å². The molecule has 1 saturated carbocycles. The van der Waals surface area contributed by atoms with Gasteiger partial charge in [0.15, 0.2) is 5.76 Å². The summed E-state index contributed by atoms with van der Waals surface area (Å²) in [5, 5.41) is 12.9. The van der Waals surface area contributed by atoms with E-state index in [4.69, 9.17) is 14.0 Å². The van der Waals surface area contributed by atoms with Crippen molar-refractivity contribution in [3.63, 3.8) is 0 Å². The Bertz CT molecular complexity index is 705. The fraction of sp³-hybridized carbons (Fsp3) is 0.500. The summed E-state index contributed by atoms with van der Waals surface area (Å²) in [5.41, 5.74) is 0. The van der Waals surface area contributed by atoms with Gasteiger partial charge < -0.3 is 18.9 Å². The van der Waals surface area contributed by atoms with Crippen molar-refractivity contribution in [2.45, 2.75) is 38.6 Å². The zero-order valence-electron chi connectivity index (χ0n) is 13.3. The van der Waals surface area contributed by atoms with Gasteiger partial charge in [0.05, 0.1) is 12.2 Å². The second-order valence-corrected chi connectivity index (χ2v) is 6.01. The first-order chi connectivity index (χ1) is 11.5. The number of rotatable bonds is 8. The molecule has 0 saturated heterocycles. The van der Waals surface area contributed by atoms with Gasteiger partial charge in [-0.1, -0.05) is 12.1 Å². The molecule has 3 rings (SSSR count). The summed E-state index contributed by atoms with van der Waals surface area (Å²) in [6.45, 7) is 1.85. The average molecular weight is 333 g/mol. The molecule has 0 bridgehead atoms. The maximum absolute atomic E-state index is 12.4. The minimum Gasteiger partial charge on any atom is -0.481 e. The quantitative estimate of drug-likeness (QED) is 0.786. The van der Waals surface area contributed by atoms with E-state index < -0.39 is 11.9 Å². The van der Waals surface area contributed by atoms with Crippen LogP contribution in [0.4, 0.5) is 0 Å². The Labute approximate surface area is 138 Å². The monoisotopic (exact) mass is 333 g/mol. The number of furan rings is 1. The molecular weight excluding hydrogens is 314 g/mol. The number of carbonyl (C=O) groups is 2. The summed E-state index contributed by atoms with van der Waals surface area (Å²) in [5.74, 6) is -0.343. The lowest BCUT2D eigenvalue weighted by molar-refractivity contribution is -0.143. The first-order valence-electron chi connectivity index (χ1n) is 7.93. The van der Waals surface area contributed by atoms with Crippen molar-refractivity contribution in [3.8, 4) is 11.6 Å². The summed E-state index contributed by atoms with van der Waals surface area (Å²) < 4.78 is 10.3. The van der Waals surface area contributed by atoms with Gasteiger partial charge in [-0.05, 0) is 25.0 Å². The van der Waals surface area contributed by atoms with Gasteiger partial charge in [0, 0.05) is 25.4 Å². The Kier molecular flexibility index (Phi) is 4.64. The zero-order valence-corrected chi connectivity index (χ0v) is 13.3. The van der Waals surface area contributed by atoms with Crippen LogP contribution >= 0.6 is 0 Å². The molecule has 8 heteroatoms. The van der Waals surface area contributed by atoms with Crippen molar-refractivity contribution in [1.82, 2.24) is 15.0 Å². The number of carboxylic acids is 1. The van der Waals surface area contributed by atoms with Crippen LogP contribution in [-0.2, 0) is 16.0 Å². The van der Waals surface area contributed by atoms with E-state index in [0.29, 0.717) is 23.9 Å². The average Bonchev–Trinajstić information content (AvgIpc) is 3.06. The van der Waals surface area contributed by atoms with Crippen LogP contribution < -0.4 is 0 Å². The fourth-order valence-corrected chi connectivity index (χ4v) is 2.43. The summed E-state index contributed by atoms with van der Waals surface area (Å²) in [7, 11) is 0. The Balaban J connectivity index is 1.56. The standard InChI is InChI=1S/C16H19N3O5/c1-10(16(21)22)9-19(11-4-5-11)14(20)7-6-13-17-15(18-24-13)12-3-2-8-23-12/h2-3,8,10-11H,4-7,9H2,1H3,(H,21,22)/t10-/m1/s1. The third kappa shape index (κ3) is 3.81. The molecule has 0 aromatic carbocycles. The number of hydrogen-bond donors (Lipinski definition) is 1. The lowest BCUT2D eigenvalue weighted by atomic mass is 10.1. The SMILES string of the molecule is C[C@H](CN(C(=O)CCc1nc(-c2ccco2)no1)C1CC1)C(=O)O. The van der Waals surface area contributed by atoms with Crippen LogP contribution in [0, 0.1) is 5.92 Å². The van der Waals surface area contributed by atoms with E-state index in [-0.39, 0.29) is 24.9 Å². The molecule has 2 aromatic heterocycles. The largest absolute Gasteiger partial charge is 0.481 e. The van der Waals surface area contributed by atoms with Crippen molar-refractivity contribution in [1.29, 1.82) is 0 Å². The van der Waals surface area contributed by atoms with Gasteiger partial charge in [-0.2, -0.15) is 4.98 Å². The number of nitrogens with zero attached hydrogens (tertiary/aromatic N) is 3. The highest BCUT2D eigenvalue weighted by atomic mass is 16.5. The number of carbonyl (C=O) groups excluding carboxylic acids is 1. The molecule has 128 valence electrons. The predicted octanol–water partition coefficient (Wildman–Crippen LogP) is 1.97. The van der Waals surface area contributed by atoms with Crippen LogP contribution in [-0.4, -0.2) is 44.6 Å². The molecule has 1 fully saturated rings. The molecular formula is C16H19N3O5. The lowest BCUT2D eigenvalue weighted by Gasteiger charge is -2.24. The van der Waals surface area contributed by atoms with Crippen LogP contribution in [0.5, 0.6) is 0 Å². The normalized spacial score (nSPS) is 15.2. The van der Waals surface area contributed by atoms with Gasteiger partial charge in [-0.25, -0.2) is 0 Å². The molecule has 0 spiro atoms. The van der Waals surface area contributed by atoms with Crippen LogP contribution in [0.2, 0.25) is 0 Å². The van der Waals surface area contributed by atoms with E-state index >= 15 is 0 Å². The van der Waals surface area contributed by atoms with Crippen molar-refractivity contribution < 1.29 is 23.6 Å². The Morgan fingerprint density at radius 2 is 2.25 bits per heavy atom. The first-order valence-corrected chi connectivity index (χ1v) is 7.93. The number of aliphatic carboxylic acids is 1. The van der Waals surface area contributed by atoms with Crippen LogP contribution in [0.25, 0.3) is 11.6 Å². The molecule has 2 heterocycles. The van der Waals surface area contributed by atoms with Gasteiger partial charge >= 0.3 is 5.97 Å². The van der Waals surface area contributed by atoms with Gasteiger partial charge in [0.25, 0.3) is 0 Å². The highest BCUT2D eigenvalue weighted by Crippen LogP contribution is 2.28. The number of aromatic nitrogens is 2. The molecule has 1 N–H and O–H groups in total. The van der Waals surface area contributed by atoms with E-state index in [1.54, 1.807) is 24.0 Å². The van der Waals surface area contributed by atoms with Crippen LogP contribution in [0.1, 0.15) is 32.1 Å². The third-order valence-corrected chi connectivity index (χ3v) is 3.96. The number of amides is 1. The van der Waals surface area contributed by atoms with E-state index in [1.165, 1.54) is 6.26 Å². The third-order valence-electron chi connectivity index (χ3n) is 3.96. The second kappa shape index (κ2) is 6.86. The highest BCUT2D eigenvalue weighted by Gasteiger charge is 2.34. The summed E-state index contributed by atoms with van der Waals surface area (Å²) in [4.78, 5) is 29.3. The molecule has 0 unspecified atom stereocenters. The number of aryl methyl sites for hydroxylation is 1. The molecule has 0 radical (unpaired) electrons. The van der Waals surface area contributed by atoms with E-state index in [2.05, 4.69) is 10.1 Å². The van der Waals surface area contributed by atoms with Gasteiger partial charge in [0.1, 0.15) is 0 Å². The molecule has 1 aliphatic carbocycles. The van der Waals surface area contributed by atoms with Gasteiger partial charge in [-0.15, -0.1) is 0 Å². The van der Waals surface area contributed by atoms with Gasteiger partial charge in [-0.3, -0.25) is 9.59 Å². The minimum atomic E-state index is -0.895. The van der Waals surface area contributed by atoms with Crippen molar-refractivity contribution in [3.05, 3.63) is 24.3 Å². The van der Waals surface area contributed by atoms with E-state index in [0.717, 1.165) is 12.8 Å². The minimum absolute atomic E-state index is 0.0802. The Morgan fingerprint density at radius 3 is 2.88 bits per heavy atom. The molecule has 24 heavy (non-hydrogen) atoms. The van der Waals surface area contributed by atoms with Crippen LogP contribution in [0.3, 0.4) is 0 Å². The molecule has 1 aliphatic rings. The molecule has 0 aliphatic heterocycles. The van der Waals surface area contributed by atoms with E-state index in [1.807, 2.05) is 0 Å². The molecule has 2 aromatic rings. The Hall–Kier alpha value is -2.64. The second-order valence-electron chi connectivity index (χ2n) is 6.01. The molecule has 8 nitrogen and oxygen atoms in total. The lowest BCUT2D eigenvalue weighted by Crippen LogP contribution is -2.38. The zero-order chi connectivity index (χ0) is 17.1. The van der Waals surface area contributed by atoms with Crippen LogP contribution in [0.15, 0.2) is 27.3 Å².